The Morgan fingerprint density at radius 3 is 2.07 bits per heavy atom. The molecule has 1 rings (SSSR count). The summed E-state index contributed by atoms with van der Waals surface area (Å²) >= 11 is 0. The first kappa shape index (κ1) is 11.7. The predicted molar refractivity (Wildman–Crippen MR) is 68.5 cm³/mol. The first-order chi connectivity index (χ1) is 6.56. The highest BCUT2D eigenvalue weighted by Crippen LogP contribution is 2.22. The monoisotopic (exact) mass is 208 g/mol. The maximum Gasteiger partial charge on any atom is -0.0213 e. The SMILES string of the molecule is CPc1cc(C(C)C)ccc1C(C)C. The molecule has 0 radical (unpaired) electrons. The highest BCUT2D eigenvalue weighted by molar-refractivity contribution is 7.46. The Morgan fingerprint density at radius 2 is 1.64 bits per heavy atom. The van der Waals surface area contributed by atoms with Crippen molar-refractivity contribution in [2.24, 2.45) is 0 Å². The quantitative estimate of drug-likeness (QED) is 0.661. The van der Waals surface area contributed by atoms with Crippen LogP contribution in [-0.4, -0.2) is 6.66 Å². The van der Waals surface area contributed by atoms with Crippen LogP contribution in [0, 0.1) is 0 Å². The van der Waals surface area contributed by atoms with E-state index in [4.69, 9.17) is 0 Å². The van der Waals surface area contributed by atoms with E-state index in [9.17, 15) is 0 Å². The van der Waals surface area contributed by atoms with E-state index in [1.54, 1.807) is 5.30 Å². The Balaban J connectivity index is 3.11. The van der Waals surface area contributed by atoms with Gasteiger partial charge in [-0.1, -0.05) is 54.5 Å². The van der Waals surface area contributed by atoms with Gasteiger partial charge < -0.3 is 0 Å². The summed E-state index contributed by atoms with van der Waals surface area (Å²) in [4.78, 5) is 0. The van der Waals surface area contributed by atoms with Crippen LogP contribution < -0.4 is 5.30 Å². The van der Waals surface area contributed by atoms with Crippen LogP contribution >= 0.6 is 8.58 Å². The third kappa shape index (κ3) is 2.58. The minimum atomic E-state index is 0.645. The zero-order valence-corrected chi connectivity index (χ0v) is 10.9. The van der Waals surface area contributed by atoms with E-state index in [-0.39, 0.29) is 0 Å². The smallest absolute Gasteiger partial charge is 0.0213 e. The fourth-order valence-corrected chi connectivity index (χ4v) is 2.62. The van der Waals surface area contributed by atoms with E-state index in [0.29, 0.717) is 11.8 Å². The fourth-order valence-electron chi connectivity index (χ4n) is 1.65. The number of hydrogen-bond acceptors (Lipinski definition) is 0. The highest BCUT2D eigenvalue weighted by Gasteiger charge is 2.07. The molecule has 0 amide bonds. The molecule has 0 nitrogen and oxygen atoms in total. The molecule has 1 aromatic rings. The highest BCUT2D eigenvalue weighted by atomic mass is 31.1. The molecule has 0 aliphatic heterocycles. The van der Waals surface area contributed by atoms with E-state index in [1.807, 2.05) is 0 Å². The number of hydrogen-bond donors (Lipinski definition) is 0. The molecule has 0 saturated carbocycles. The standard InChI is InChI=1S/C13H21P/c1-9(2)11-6-7-12(10(3)4)13(8-11)14-5/h6-10,14H,1-5H3. The average molecular weight is 208 g/mol. The molecule has 0 fully saturated rings. The van der Waals surface area contributed by atoms with Crippen LogP contribution in [0.4, 0.5) is 0 Å². The van der Waals surface area contributed by atoms with Gasteiger partial charge in [0.1, 0.15) is 0 Å². The number of benzene rings is 1. The minimum Gasteiger partial charge on any atom is -0.0933 e. The van der Waals surface area contributed by atoms with Crippen LogP contribution in [0.5, 0.6) is 0 Å². The van der Waals surface area contributed by atoms with Crippen molar-refractivity contribution >= 4 is 13.9 Å². The molecule has 0 aromatic heterocycles. The van der Waals surface area contributed by atoms with Gasteiger partial charge in [-0.25, -0.2) is 0 Å². The molecule has 0 spiro atoms. The molecule has 14 heavy (non-hydrogen) atoms. The lowest BCUT2D eigenvalue weighted by Gasteiger charge is -2.14. The van der Waals surface area contributed by atoms with E-state index < -0.39 is 0 Å². The summed E-state index contributed by atoms with van der Waals surface area (Å²) in [6.45, 7) is 11.3. The molecule has 0 aliphatic carbocycles. The van der Waals surface area contributed by atoms with Crippen molar-refractivity contribution in [3.05, 3.63) is 29.3 Å². The molecule has 1 atom stereocenters. The molecule has 0 aliphatic rings. The molecule has 78 valence electrons. The number of rotatable bonds is 3. The van der Waals surface area contributed by atoms with Crippen molar-refractivity contribution in [3.63, 3.8) is 0 Å². The fraction of sp³-hybridized carbons (Fsp3) is 0.538. The van der Waals surface area contributed by atoms with Gasteiger partial charge in [-0.3, -0.25) is 0 Å². The van der Waals surface area contributed by atoms with Crippen molar-refractivity contribution in [1.82, 2.24) is 0 Å². The maximum atomic E-state index is 2.39. The second-order valence-electron chi connectivity index (χ2n) is 4.41. The second kappa shape index (κ2) is 4.94. The summed E-state index contributed by atoms with van der Waals surface area (Å²) in [5.41, 5.74) is 2.99. The summed E-state index contributed by atoms with van der Waals surface area (Å²) in [5.74, 6) is 1.30. The molecule has 0 saturated heterocycles. The van der Waals surface area contributed by atoms with Crippen molar-refractivity contribution in [3.8, 4) is 0 Å². The Bertz CT molecular complexity index is 300. The minimum absolute atomic E-state index is 0.645. The topological polar surface area (TPSA) is 0 Å². The van der Waals surface area contributed by atoms with Gasteiger partial charge in [-0.05, 0) is 34.9 Å². The molecule has 1 heteroatoms. The lowest BCUT2D eigenvalue weighted by atomic mass is 9.97. The van der Waals surface area contributed by atoms with Crippen LogP contribution in [0.25, 0.3) is 0 Å². The molecule has 0 heterocycles. The van der Waals surface area contributed by atoms with Gasteiger partial charge in [0.25, 0.3) is 0 Å². The Hall–Kier alpha value is -0.350. The normalized spacial score (nSPS) is 12.2. The molecule has 0 N–H and O–H groups in total. The average Bonchev–Trinajstić information content (AvgIpc) is 2.16. The van der Waals surface area contributed by atoms with Crippen LogP contribution in [0.3, 0.4) is 0 Å². The third-order valence-electron chi connectivity index (χ3n) is 2.64. The van der Waals surface area contributed by atoms with E-state index in [1.165, 1.54) is 11.1 Å². The van der Waals surface area contributed by atoms with Crippen molar-refractivity contribution in [2.75, 3.05) is 6.66 Å². The lowest BCUT2D eigenvalue weighted by molar-refractivity contribution is 0.851. The molecule has 1 unspecified atom stereocenters. The summed E-state index contributed by atoms with van der Waals surface area (Å²) in [6.07, 6.45) is 0. The molecule has 1 aromatic carbocycles. The van der Waals surface area contributed by atoms with Crippen molar-refractivity contribution < 1.29 is 0 Å². The Morgan fingerprint density at radius 1 is 1.00 bits per heavy atom. The van der Waals surface area contributed by atoms with Crippen LogP contribution in [0.1, 0.15) is 50.7 Å². The van der Waals surface area contributed by atoms with Crippen LogP contribution in [-0.2, 0) is 0 Å². The first-order valence-corrected chi connectivity index (χ1v) is 6.87. The van der Waals surface area contributed by atoms with Gasteiger partial charge in [0.15, 0.2) is 0 Å². The zero-order chi connectivity index (χ0) is 10.7. The summed E-state index contributed by atoms with van der Waals surface area (Å²) in [6, 6.07) is 6.98. The van der Waals surface area contributed by atoms with Gasteiger partial charge in [-0.2, -0.15) is 0 Å². The molecular formula is C13H21P. The van der Waals surface area contributed by atoms with Gasteiger partial charge in [-0.15, -0.1) is 0 Å². The first-order valence-electron chi connectivity index (χ1n) is 5.37. The lowest BCUT2D eigenvalue weighted by Crippen LogP contribution is -2.07. The third-order valence-corrected chi connectivity index (χ3v) is 3.61. The van der Waals surface area contributed by atoms with Crippen molar-refractivity contribution in [2.45, 2.75) is 39.5 Å². The van der Waals surface area contributed by atoms with Gasteiger partial charge >= 0.3 is 0 Å². The summed E-state index contributed by atoms with van der Waals surface area (Å²) < 4.78 is 0. The predicted octanol–water partition coefficient (Wildman–Crippen LogP) is 3.87. The van der Waals surface area contributed by atoms with E-state index in [2.05, 4.69) is 52.6 Å². The largest absolute Gasteiger partial charge is 0.0933 e. The van der Waals surface area contributed by atoms with Gasteiger partial charge in [0, 0.05) is 0 Å². The summed E-state index contributed by atoms with van der Waals surface area (Å²) in [7, 11) is 0.911. The molecule has 0 bridgehead atoms. The summed E-state index contributed by atoms with van der Waals surface area (Å²) in [5, 5.41) is 1.55. The van der Waals surface area contributed by atoms with Gasteiger partial charge in [0.05, 0.1) is 0 Å². The zero-order valence-electron chi connectivity index (χ0n) is 9.89. The Labute approximate surface area is 89.9 Å². The molecular weight excluding hydrogens is 187 g/mol. The van der Waals surface area contributed by atoms with Crippen LogP contribution in [0.2, 0.25) is 0 Å². The van der Waals surface area contributed by atoms with E-state index >= 15 is 0 Å². The van der Waals surface area contributed by atoms with Gasteiger partial charge in [0.2, 0.25) is 0 Å². The van der Waals surface area contributed by atoms with Crippen LogP contribution in [0.15, 0.2) is 18.2 Å². The second-order valence-corrected chi connectivity index (χ2v) is 5.44. The van der Waals surface area contributed by atoms with Crippen molar-refractivity contribution in [1.29, 1.82) is 0 Å². The Kier molecular flexibility index (Phi) is 4.13. The van der Waals surface area contributed by atoms with E-state index in [0.717, 1.165) is 8.58 Å². The maximum absolute atomic E-state index is 2.39.